The Balaban J connectivity index is 2.24. The zero-order valence-electron chi connectivity index (χ0n) is 12.5. The maximum atomic E-state index is 14.6. The Hall–Kier alpha value is -2.72. The smallest absolute Gasteiger partial charge is 0.369 e. The molecule has 0 bridgehead atoms. The Morgan fingerprint density at radius 3 is 2.36 bits per heavy atom. The third-order valence-corrected chi connectivity index (χ3v) is 3.63. The number of alkyl halides is 3. The Morgan fingerprint density at radius 1 is 1.08 bits per heavy atom. The van der Waals surface area contributed by atoms with Crippen molar-refractivity contribution in [3.8, 4) is 11.1 Å². The van der Waals surface area contributed by atoms with E-state index in [2.05, 4.69) is 15.8 Å². The molecule has 25 heavy (non-hydrogen) atoms. The maximum absolute atomic E-state index is 14.6. The van der Waals surface area contributed by atoms with E-state index in [9.17, 15) is 22.0 Å². The third-order valence-electron chi connectivity index (χ3n) is 3.63. The van der Waals surface area contributed by atoms with Gasteiger partial charge in [-0.05, 0) is 29.8 Å². The van der Waals surface area contributed by atoms with E-state index in [1.54, 1.807) is 0 Å². The summed E-state index contributed by atoms with van der Waals surface area (Å²) in [6, 6.07) is 5.68. The van der Waals surface area contributed by atoms with E-state index in [1.807, 2.05) is 0 Å². The second-order valence-corrected chi connectivity index (χ2v) is 5.40. The fraction of sp³-hybridized carbons (Fsp3) is 0.133. The number of rotatable bonds is 2. The lowest BCUT2D eigenvalue weighted by Gasteiger charge is -2.23. The first-order valence-corrected chi connectivity index (χ1v) is 6.95. The van der Waals surface area contributed by atoms with Gasteiger partial charge >= 0.3 is 6.18 Å². The number of halogens is 5. The van der Waals surface area contributed by atoms with E-state index in [4.69, 9.17) is 11.5 Å². The summed E-state index contributed by atoms with van der Waals surface area (Å²) < 4.78 is 68.4. The molecule has 0 saturated carbocycles. The lowest BCUT2D eigenvalue weighted by molar-refractivity contribution is -0.137. The summed E-state index contributed by atoms with van der Waals surface area (Å²) in [6.45, 7) is 0. The molecule has 6 N–H and O–H groups in total. The van der Waals surface area contributed by atoms with Crippen LogP contribution in [0.2, 0.25) is 0 Å². The zero-order valence-corrected chi connectivity index (χ0v) is 12.5. The first-order valence-electron chi connectivity index (χ1n) is 6.95. The Bertz CT molecular complexity index is 864. The van der Waals surface area contributed by atoms with Crippen molar-refractivity contribution in [2.75, 3.05) is 0 Å². The van der Waals surface area contributed by atoms with Crippen LogP contribution in [0.15, 0.2) is 41.4 Å². The van der Waals surface area contributed by atoms with Gasteiger partial charge in [0.2, 0.25) is 11.7 Å². The number of hydrazine groups is 1. The average Bonchev–Trinajstić information content (AvgIpc) is 2.86. The summed E-state index contributed by atoms with van der Waals surface area (Å²) in [7, 11) is 0. The number of aliphatic imine (C=N–C) groups is 1. The van der Waals surface area contributed by atoms with E-state index in [0.717, 1.165) is 18.2 Å². The minimum absolute atomic E-state index is 0.161. The minimum Gasteiger partial charge on any atom is -0.369 e. The lowest BCUT2D eigenvalue weighted by atomic mass is 9.94. The summed E-state index contributed by atoms with van der Waals surface area (Å²) in [5.41, 5.74) is 13.3. The number of nitrogens with two attached hydrogens (primary N) is 2. The summed E-state index contributed by atoms with van der Waals surface area (Å²) in [6.07, 6.45) is -4.91. The quantitative estimate of drug-likeness (QED) is 0.620. The van der Waals surface area contributed by atoms with Crippen LogP contribution in [0, 0.1) is 11.6 Å². The molecular weight excluding hydrogens is 345 g/mol. The monoisotopic (exact) mass is 357 g/mol. The van der Waals surface area contributed by atoms with Crippen LogP contribution in [-0.2, 0) is 12.0 Å². The highest BCUT2D eigenvalue weighted by atomic mass is 19.4. The topological polar surface area (TPSA) is 88.5 Å². The lowest BCUT2D eigenvalue weighted by Crippen LogP contribution is -2.50. The van der Waals surface area contributed by atoms with E-state index in [0.29, 0.717) is 6.07 Å². The Kier molecular flexibility index (Phi) is 3.88. The van der Waals surface area contributed by atoms with Gasteiger partial charge in [0.15, 0.2) is 0 Å². The first kappa shape index (κ1) is 17.1. The van der Waals surface area contributed by atoms with Crippen LogP contribution in [0.4, 0.5) is 22.0 Å². The van der Waals surface area contributed by atoms with Crippen molar-refractivity contribution in [3.63, 3.8) is 0 Å². The van der Waals surface area contributed by atoms with Gasteiger partial charge in [0.1, 0.15) is 11.6 Å². The standard InChI is InChI=1S/C15H12F5N5/c16-9-3-1-2-7(4-9)12-10(14(18,19)20)5-8(6-11(12)17)15(22)23-13(21)24-25-15/h1-6,25H,22H2,(H3,21,23,24). The van der Waals surface area contributed by atoms with Gasteiger partial charge in [0, 0.05) is 11.1 Å². The first-order chi connectivity index (χ1) is 11.6. The van der Waals surface area contributed by atoms with E-state index < -0.39 is 34.7 Å². The van der Waals surface area contributed by atoms with Gasteiger partial charge in [0.25, 0.3) is 0 Å². The second kappa shape index (κ2) is 5.67. The average molecular weight is 357 g/mol. The number of hydrogen-bond acceptors (Lipinski definition) is 5. The third kappa shape index (κ3) is 3.13. The molecule has 1 aliphatic heterocycles. The van der Waals surface area contributed by atoms with Gasteiger partial charge in [-0.2, -0.15) is 18.6 Å². The number of guanidine groups is 1. The molecule has 1 heterocycles. The van der Waals surface area contributed by atoms with Crippen molar-refractivity contribution in [2.24, 2.45) is 16.5 Å². The van der Waals surface area contributed by atoms with Crippen LogP contribution < -0.4 is 22.3 Å². The highest BCUT2D eigenvalue weighted by Crippen LogP contribution is 2.40. The van der Waals surface area contributed by atoms with Gasteiger partial charge in [0.05, 0.1) is 5.56 Å². The molecule has 132 valence electrons. The largest absolute Gasteiger partial charge is 0.417 e. The molecule has 1 unspecified atom stereocenters. The SMILES string of the molecule is NC1=NC(N)(c2cc(F)c(-c3cccc(F)c3)c(C(F)(F)F)c2)NN1. The predicted molar refractivity (Wildman–Crippen MR) is 80.6 cm³/mol. The molecule has 0 amide bonds. The molecule has 0 fully saturated rings. The summed E-state index contributed by atoms with van der Waals surface area (Å²) in [4.78, 5) is 3.73. The zero-order chi connectivity index (χ0) is 18.4. The molecule has 2 aromatic rings. The molecule has 0 spiro atoms. The van der Waals surface area contributed by atoms with E-state index in [1.165, 1.54) is 12.1 Å². The predicted octanol–water partition coefficient (Wildman–Crippen LogP) is 2.14. The van der Waals surface area contributed by atoms with Gasteiger partial charge < -0.3 is 5.73 Å². The number of hydrogen-bond donors (Lipinski definition) is 4. The highest BCUT2D eigenvalue weighted by molar-refractivity contribution is 5.79. The molecule has 0 saturated heterocycles. The molecule has 10 heteroatoms. The van der Waals surface area contributed by atoms with Gasteiger partial charge in [-0.25, -0.2) is 13.8 Å². The van der Waals surface area contributed by atoms with Crippen LogP contribution in [0.1, 0.15) is 11.1 Å². The molecule has 3 rings (SSSR count). The number of nitrogens with zero attached hydrogens (tertiary/aromatic N) is 1. The molecule has 0 aliphatic carbocycles. The normalized spacial score (nSPS) is 20.3. The van der Waals surface area contributed by atoms with Crippen molar-refractivity contribution in [1.29, 1.82) is 0 Å². The van der Waals surface area contributed by atoms with Crippen molar-refractivity contribution in [2.45, 2.75) is 12.0 Å². The molecule has 0 radical (unpaired) electrons. The van der Waals surface area contributed by atoms with Crippen LogP contribution >= 0.6 is 0 Å². The van der Waals surface area contributed by atoms with E-state index in [-0.39, 0.29) is 17.1 Å². The van der Waals surface area contributed by atoms with Crippen molar-refractivity contribution in [1.82, 2.24) is 10.9 Å². The molecule has 5 nitrogen and oxygen atoms in total. The minimum atomic E-state index is -4.91. The summed E-state index contributed by atoms with van der Waals surface area (Å²) >= 11 is 0. The number of benzene rings is 2. The summed E-state index contributed by atoms with van der Waals surface area (Å²) in [5, 5.41) is 0. The van der Waals surface area contributed by atoms with Crippen LogP contribution in [-0.4, -0.2) is 5.96 Å². The van der Waals surface area contributed by atoms with E-state index >= 15 is 0 Å². The Morgan fingerprint density at radius 2 is 1.80 bits per heavy atom. The maximum Gasteiger partial charge on any atom is 0.417 e. The van der Waals surface area contributed by atoms with Gasteiger partial charge in [-0.1, -0.05) is 12.1 Å². The van der Waals surface area contributed by atoms with Gasteiger partial charge in [-0.15, -0.1) is 0 Å². The molecular formula is C15H12F5N5. The Labute approximate surface area is 138 Å². The van der Waals surface area contributed by atoms with Crippen LogP contribution in [0.3, 0.4) is 0 Å². The molecule has 1 atom stereocenters. The fourth-order valence-electron chi connectivity index (χ4n) is 2.53. The van der Waals surface area contributed by atoms with Crippen molar-refractivity contribution >= 4 is 5.96 Å². The van der Waals surface area contributed by atoms with Gasteiger partial charge in [-0.3, -0.25) is 11.2 Å². The molecule has 1 aliphatic rings. The second-order valence-electron chi connectivity index (χ2n) is 5.40. The van der Waals surface area contributed by atoms with Crippen molar-refractivity contribution in [3.05, 3.63) is 59.2 Å². The molecule has 0 aromatic heterocycles. The van der Waals surface area contributed by atoms with Crippen molar-refractivity contribution < 1.29 is 22.0 Å². The fourth-order valence-corrected chi connectivity index (χ4v) is 2.53. The number of nitrogens with one attached hydrogen (secondary N) is 2. The molecule has 2 aromatic carbocycles. The highest BCUT2D eigenvalue weighted by Gasteiger charge is 2.39. The van der Waals surface area contributed by atoms with Crippen LogP contribution in [0.25, 0.3) is 11.1 Å². The van der Waals surface area contributed by atoms with Crippen LogP contribution in [0.5, 0.6) is 0 Å². The summed E-state index contributed by atoms with van der Waals surface area (Å²) in [5.74, 6) is -4.04.